The average Bonchev–Trinajstić information content (AvgIpc) is 3.36. The van der Waals surface area contributed by atoms with Gasteiger partial charge >= 0.3 is 5.97 Å². The number of nitrogens with zero attached hydrogens (tertiary/aromatic N) is 5. The van der Waals surface area contributed by atoms with Gasteiger partial charge in [0.2, 0.25) is 11.9 Å². The van der Waals surface area contributed by atoms with Crippen LogP contribution in [-0.2, 0) is 21.5 Å². The Morgan fingerprint density at radius 3 is 2.73 bits per heavy atom. The van der Waals surface area contributed by atoms with E-state index in [1.165, 1.54) is 11.2 Å². The number of carbonyl (C=O) groups excluding carboxylic acids is 1. The molecule has 1 aromatic carbocycles. The monoisotopic (exact) mass is 555 g/mol. The number of aliphatic carboxylic acids is 1. The second-order valence-corrected chi connectivity index (χ2v) is 10.6. The number of hydrazine groups is 1. The van der Waals surface area contributed by atoms with Crippen LogP contribution in [-0.4, -0.2) is 49.5 Å². The average molecular weight is 556 g/mol. The quantitative estimate of drug-likeness (QED) is 0.172. The maximum Gasteiger partial charge on any atom is 0.304 e. The van der Waals surface area contributed by atoms with Crippen LogP contribution < -0.4 is 22.2 Å². The van der Waals surface area contributed by atoms with Crippen LogP contribution in [0.3, 0.4) is 0 Å². The number of aromatic nitrogens is 3. The summed E-state index contributed by atoms with van der Waals surface area (Å²) in [5.74, 6) is 5.70. The fraction of sp³-hybridized carbons (Fsp3) is 0.310. The van der Waals surface area contributed by atoms with E-state index in [2.05, 4.69) is 31.7 Å². The lowest BCUT2D eigenvalue weighted by molar-refractivity contribution is -0.138. The number of benzene rings is 1. The maximum absolute atomic E-state index is 11.6. The Kier molecular flexibility index (Phi) is 8.79. The van der Waals surface area contributed by atoms with Gasteiger partial charge in [-0.3, -0.25) is 14.6 Å². The predicted molar refractivity (Wildman–Crippen MR) is 153 cm³/mol. The highest BCUT2D eigenvalue weighted by Crippen LogP contribution is 2.26. The van der Waals surface area contributed by atoms with Crippen LogP contribution in [0.1, 0.15) is 55.8 Å². The summed E-state index contributed by atoms with van der Waals surface area (Å²) in [6.45, 7) is 4.32. The number of amides is 1. The molecule has 12 nitrogen and oxygen atoms in total. The number of anilines is 1. The van der Waals surface area contributed by atoms with E-state index in [1.807, 2.05) is 26.0 Å². The number of carboxylic acid groups (broad SMARTS) is 1. The predicted octanol–water partition coefficient (Wildman–Crippen LogP) is 2.49. The van der Waals surface area contributed by atoms with Crippen molar-refractivity contribution >= 4 is 23.5 Å². The van der Waals surface area contributed by atoms with E-state index in [0.29, 0.717) is 52.8 Å². The van der Waals surface area contributed by atoms with Crippen molar-refractivity contribution in [3.8, 4) is 17.3 Å². The molecule has 1 unspecified atom stereocenters. The number of rotatable bonds is 11. The molecule has 1 saturated heterocycles. The van der Waals surface area contributed by atoms with Gasteiger partial charge in [-0.2, -0.15) is 5.26 Å². The first-order valence-electron chi connectivity index (χ1n) is 13.1. The van der Waals surface area contributed by atoms with Gasteiger partial charge < -0.3 is 26.5 Å². The van der Waals surface area contributed by atoms with E-state index in [0.717, 1.165) is 6.42 Å². The third-order valence-corrected chi connectivity index (χ3v) is 6.64. The second-order valence-electron chi connectivity index (χ2n) is 10.6. The molecule has 4 rings (SSSR count). The van der Waals surface area contributed by atoms with Crippen molar-refractivity contribution < 1.29 is 14.7 Å². The van der Waals surface area contributed by atoms with Gasteiger partial charge in [0, 0.05) is 41.9 Å². The van der Waals surface area contributed by atoms with E-state index >= 15 is 0 Å². The Hall–Kier alpha value is -5.02. The molecular weight excluding hydrogens is 522 g/mol. The molecule has 3 heterocycles. The summed E-state index contributed by atoms with van der Waals surface area (Å²) in [5, 5.41) is 26.1. The van der Waals surface area contributed by atoms with Gasteiger partial charge in [-0.15, -0.1) is 0 Å². The summed E-state index contributed by atoms with van der Waals surface area (Å²) < 4.78 is 0. The number of hydrogen-bond donors (Lipinski definition) is 5. The summed E-state index contributed by atoms with van der Waals surface area (Å²) in [4.78, 5) is 36.7. The molecule has 2 aromatic heterocycles. The topological polar surface area (TPSA) is 196 Å². The highest BCUT2D eigenvalue weighted by Gasteiger charge is 2.26. The number of nitriles is 1. The molecule has 0 radical (unpaired) electrons. The molecule has 1 aliphatic rings. The van der Waals surface area contributed by atoms with Crippen molar-refractivity contribution in [2.24, 2.45) is 11.6 Å². The van der Waals surface area contributed by atoms with Crippen molar-refractivity contribution in [1.29, 1.82) is 5.26 Å². The summed E-state index contributed by atoms with van der Waals surface area (Å²) in [5.41, 5.74) is 9.52. The van der Waals surface area contributed by atoms with E-state index in [4.69, 9.17) is 11.6 Å². The van der Waals surface area contributed by atoms with Gasteiger partial charge in [0.15, 0.2) is 0 Å². The number of nitrogens with two attached hydrogens (primary N) is 2. The minimum atomic E-state index is -0.899. The lowest BCUT2D eigenvalue weighted by Gasteiger charge is -2.23. The van der Waals surface area contributed by atoms with Crippen LogP contribution in [0.15, 0.2) is 54.7 Å². The fourth-order valence-corrected chi connectivity index (χ4v) is 4.51. The number of carboxylic acids is 1. The van der Waals surface area contributed by atoms with Gasteiger partial charge in [-0.05, 0) is 36.8 Å². The Morgan fingerprint density at radius 2 is 2.02 bits per heavy atom. The minimum Gasteiger partial charge on any atom is -0.481 e. The van der Waals surface area contributed by atoms with Crippen molar-refractivity contribution in [3.05, 3.63) is 77.4 Å². The van der Waals surface area contributed by atoms with E-state index in [9.17, 15) is 20.0 Å². The maximum atomic E-state index is 11.6. The largest absolute Gasteiger partial charge is 0.481 e. The zero-order valence-electron chi connectivity index (χ0n) is 23.0. The zero-order valence-corrected chi connectivity index (χ0v) is 23.0. The Morgan fingerprint density at radius 1 is 1.24 bits per heavy atom. The number of nitrogens with one attached hydrogen (secondary N) is 2. The first kappa shape index (κ1) is 29.0. The van der Waals surface area contributed by atoms with Crippen LogP contribution in [0, 0.1) is 11.3 Å². The summed E-state index contributed by atoms with van der Waals surface area (Å²) in [7, 11) is 0. The molecule has 1 aliphatic heterocycles. The number of hydrogen-bond acceptors (Lipinski definition) is 10. The van der Waals surface area contributed by atoms with Gasteiger partial charge in [0.1, 0.15) is 0 Å². The van der Waals surface area contributed by atoms with Gasteiger partial charge in [0.05, 0.1) is 47.4 Å². The Labute approximate surface area is 238 Å². The highest BCUT2D eigenvalue weighted by atomic mass is 16.4. The molecule has 1 amide bonds. The highest BCUT2D eigenvalue weighted by molar-refractivity contribution is 5.78. The first-order chi connectivity index (χ1) is 19.5. The zero-order chi connectivity index (χ0) is 29.6. The van der Waals surface area contributed by atoms with Crippen molar-refractivity contribution in [1.82, 2.24) is 25.3 Å². The van der Waals surface area contributed by atoms with Crippen LogP contribution >= 0.6 is 0 Å². The molecule has 0 saturated carbocycles. The molecule has 12 heteroatoms. The molecule has 1 atom stereocenters. The summed E-state index contributed by atoms with van der Waals surface area (Å²) in [6, 6.07) is 16.3. The first-order valence-corrected chi connectivity index (χ1v) is 13.1. The lowest BCUT2D eigenvalue weighted by Crippen LogP contribution is -2.32. The van der Waals surface area contributed by atoms with Gasteiger partial charge in [0.25, 0.3) is 0 Å². The van der Waals surface area contributed by atoms with Crippen LogP contribution in [0.4, 0.5) is 5.95 Å². The van der Waals surface area contributed by atoms with Gasteiger partial charge in [-0.25, -0.2) is 15.8 Å². The third kappa shape index (κ3) is 7.77. The standard InChI is InChI=1S/C29H33N9O3/c1-29(2,13-27(40)41)25-8-4-7-21(34-25)16-38(32)17-22(31)24-12-23(19-6-3-5-18(11-19)14-30)36-28(37-24)33-15-20-9-10-26(39)35-20/h3-8,11-12,17,20H,9-10,13,15-16,31-32H2,1-2H3,(H,35,39)(H,40,41)(H,33,36,37)/b22-17-. The van der Waals surface area contributed by atoms with Crippen molar-refractivity contribution in [2.75, 3.05) is 11.9 Å². The SMILES string of the molecule is CC(C)(CC(=O)O)c1cccc(CN(N)/C=C(\N)c2cc(-c3cccc(C#N)c3)nc(NCC3CCC(=O)N3)n2)n1. The normalized spacial score (nSPS) is 15.2. The summed E-state index contributed by atoms with van der Waals surface area (Å²) >= 11 is 0. The molecule has 7 N–H and O–H groups in total. The van der Waals surface area contributed by atoms with Gasteiger partial charge in [-0.1, -0.05) is 32.0 Å². The van der Waals surface area contributed by atoms with Crippen LogP contribution in [0.25, 0.3) is 17.0 Å². The van der Waals surface area contributed by atoms with E-state index < -0.39 is 11.4 Å². The molecular formula is C29H33N9O3. The van der Waals surface area contributed by atoms with E-state index in [1.54, 1.807) is 36.4 Å². The smallest absolute Gasteiger partial charge is 0.304 e. The molecule has 212 valence electrons. The summed E-state index contributed by atoms with van der Waals surface area (Å²) in [6.07, 6.45) is 2.68. The Bertz CT molecular complexity index is 1510. The number of carbonyl (C=O) groups is 2. The molecule has 3 aromatic rings. The third-order valence-electron chi connectivity index (χ3n) is 6.64. The molecule has 0 aliphatic carbocycles. The molecule has 1 fully saturated rings. The van der Waals surface area contributed by atoms with Crippen molar-refractivity contribution in [3.63, 3.8) is 0 Å². The van der Waals surface area contributed by atoms with Crippen LogP contribution in [0.5, 0.6) is 0 Å². The van der Waals surface area contributed by atoms with E-state index in [-0.39, 0.29) is 30.6 Å². The molecule has 0 bridgehead atoms. The molecule has 41 heavy (non-hydrogen) atoms. The second kappa shape index (κ2) is 12.4. The Balaban J connectivity index is 1.58. The minimum absolute atomic E-state index is 0.0150. The van der Waals surface area contributed by atoms with Crippen LogP contribution in [0.2, 0.25) is 0 Å². The van der Waals surface area contributed by atoms with Crippen molar-refractivity contribution in [2.45, 2.75) is 51.1 Å². The molecule has 0 spiro atoms. The fourth-order valence-electron chi connectivity index (χ4n) is 4.51. The lowest BCUT2D eigenvalue weighted by atomic mass is 9.85. The number of pyridine rings is 1.